The molecule has 0 radical (unpaired) electrons. The van der Waals surface area contributed by atoms with Crippen LogP contribution in [0.3, 0.4) is 0 Å². The van der Waals surface area contributed by atoms with Crippen LogP contribution in [0.15, 0.2) is 35.2 Å². The van der Waals surface area contributed by atoms with E-state index in [9.17, 15) is 8.42 Å². The minimum Gasteiger partial charge on any atom is -0.381 e. The highest BCUT2D eigenvalue weighted by Crippen LogP contribution is 2.22. The van der Waals surface area contributed by atoms with Crippen molar-refractivity contribution in [2.45, 2.75) is 25.3 Å². The van der Waals surface area contributed by atoms with Gasteiger partial charge in [-0.25, -0.2) is 12.7 Å². The Morgan fingerprint density at radius 1 is 1.14 bits per heavy atom. The molecule has 0 aliphatic rings. The lowest BCUT2D eigenvalue weighted by molar-refractivity contribution is 0.521. The fourth-order valence-corrected chi connectivity index (χ4v) is 3.86. The van der Waals surface area contributed by atoms with Crippen molar-refractivity contribution in [1.29, 1.82) is 0 Å². The summed E-state index contributed by atoms with van der Waals surface area (Å²) in [5.74, 6) is 0. The Labute approximate surface area is 130 Å². The van der Waals surface area contributed by atoms with Crippen molar-refractivity contribution in [1.82, 2.24) is 4.31 Å². The largest absolute Gasteiger partial charge is 0.381 e. The van der Waals surface area contributed by atoms with Crippen LogP contribution in [-0.2, 0) is 16.6 Å². The van der Waals surface area contributed by atoms with Crippen LogP contribution in [0.1, 0.15) is 15.3 Å². The molecule has 1 N–H and O–H groups in total. The summed E-state index contributed by atoms with van der Waals surface area (Å²) in [5, 5.41) is 3.32. The quantitative estimate of drug-likeness (QED) is 0.918. The van der Waals surface area contributed by atoms with E-state index in [1.165, 1.54) is 33.7 Å². The minimum absolute atomic E-state index is 0.306. The number of thiophene rings is 1. The molecule has 1 aromatic heterocycles. The number of sulfonamides is 1. The third-order valence-corrected chi connectivity index (χ3v) is 6.10. The second-order valence-electron chi connectivity index (χ2n) is 5.10. The zero-order valence-electron chi connectivity index (χ0n) is 12.7. The average molecular weight is 324 g/mol. The first kappa shape index (κ1) is 16.0. The summed E-state index contributed by atoms with van der Waals surface area (Å²) in [6, 6.07) is 9.03. The first-order valence-electron chi connectivity index (χ1n) is 6.63. The van der Waals surface area contributed by atoms with Crippen LogP contribution in [0, 0.1) is 13.8 Å². The number of benzene rings is 1. The first-order valence-corrected chi connectivity index (χ1v) is 8.89. The van der Waals surface area contributed by atoms with Gasteiger partial charge >= 0.3 is 0 Å². The van der Waals surface area contributed by atoms with Crippen LogP contribution in [0.2, 0.25) is 0 Å². The van der Waals surface area contributed by atoms with Crippen LogP contribution >= 0.6 is 11.3 Å². The number of anilines is 1. The van der Waals surface area contributed by atoms with Crippen molar-refractivity contribution in [2.75, 3.05) is 19.4 Å². The highest BCUT2D eigenvalue weighted by molar-refractivity contribution is 7.89. The molecule has 0 unspecified atom stereocenters. The number of nitrogens with zero attached hydrogens (tertiary/aromatic N) is 1. The van der Waals surface area contributed by atoms with Gasteiger partial charge in [-0.2, -0.15) is 0 Å². The maximum Gasteiger partial charge on any atom is 0.242 e. The normalized spacial score (nSPS) is 11.9. The first-order chi connectivity index (χ1) is 9.80. The maximum atomic E-state index is 12.0. The molecule has 0 amide bonds. The lowest BCUT2D eigenvalue weighted by atomic mass is 10.2. The fraction of sp³-hybridized carbons (Fsp3) is 0.333. The van der Waals surface area contributed by atoms with Gasteiger partial charge in [0, 0.05) is 36.1 Å². The van der Waals surface area contributed by atoms with Crippen LogP contribution in [0.4, 0.5) is 5.69 Å². The van der Waals surface area contributed by atoms with Gasteiger partial charge in [0.05, 0.1) is 4.90 Å². The Balaban J connectivity index is 2.08. The molecule has 114 valence electrons. The summed E-state index contributed by atoms with van der Waals surface area (Å²) in [6.45, 7) is 4.96. The van der Waals surface area contributed by atoms with Gasteiger partial charge in [-0.1, -0.05) is 0 Å². The molecule has 0 saturated heterocycles. The Bertz CT molecular complexity index is 717. The van der Waals surface area contributed by atoms with Crippen molar-refractivity contribution in [3.05, 3.63) is 45.6 Å². The van der Waals surface area contributed by atoms with Crippen molar-refractivity contribution in [3.8, 4) is 0 Å². The molecule has 2 aromatic rings. The molecule has 0 spiro atoms. The Morgan fingerprint density at radius 2 is 1.76 bits per heavy atom. The SMILES string of the molecule is Cc1cc(CNc2ccc(S(=O)(=O)N(C)C)cc2)c(C)s1. The van der Waals surface area contributed by atoms with E-state index >= 15 is 0 Å². The molecule has 0 aliphatic carbocycles. The Hall–Kier alpha value is -1.37. The summed E-state index contributed by atoms with van der Waals surface area (Å²) in [5.41, 5.74) is 2.19. The lowest BCUT2D eigenvalue weighted by Gasteiger charge is -2.12. The van der Waals surface area contributed by atoms with E-state index in [4.69, 9.17) is 0 Å². The molecule has 21 heavy (non-hydrogen) atoms. The van der Waals surface area contributed by atoms with E-state index in [2.05, 4.69) is 25.2 Å². The van der Waals surface area contributed by atoms with Crippen LogP contribution in [-0.4, -0.2) is 26.8 Å². The van der Waals surface area contributed by atoms with Gasteiger partial charge < -0.3 is 5.32 Å². The van der Waals surface area contributed by atoms with Crippen molar-refractivity contribution in [3.63, 3.8) is 0 Å². The van der Waals surface area contributed by atoms with E-state index in [1.54, 1.807) is 35.6 Å². The van der Waals surface area contributed by atoms with E-state index in [0.717, 1.165) is 12.2 Å². The molecule has 1 aromatic carbocycles. The molecular formula is C15H20N2O2S2. The standard InChI is InChI=1S/C15H20N2O2S2/c1-11-9-13(12(2)20-11)10-16-14-5-7-15(8-6-14)21(18,19)17(3)4/h5-9,16H,10H2,1-4H3. The van der Waals surface area contributed by atoms with Gasteiger partial charge in [-0.05, 0) is 49.7 Å². The second-order valence-corrected chi connectivity index (χ2v) is 8.72. The molecule has 4 nitrogen and oxygen atoms in total. The monoisotopic (exact) mass is 324 g/mol. The van der Waals surface area contributed by atoms with Crippen molar-refractivity contribution >= 4 is 27.0 Å². The fourth-order valence-electron chi connectivity index (χ4n) is 2.01. The van der Waals surface area contributed by atoms with Gasteiger partial charge in [0.15, 0.2) is 0 Å². The zero-order chi connectivity index (χ0) is 15.6. The number of nitrogens with one attached hydrogen (secondary N) is 1. The molecule has 0 atom stereocenters. The van der Waals surface area contributed by atoms with Crippen LogP contribution in [0.25, 0.3) is 0 Å². The van der Waals surface area contributed by atoms with Gasteiger partial charge in [-0.15, -0.1) is 11.3 Å². The summed E-state index contributed by atoms with van der Waals surface area (Å²) < 4.78 is 25.2. The summed E-state index contributed by atoms with van der Waals surface area (Å²) >= 11 is 1.79. The number of rotatable bonds is 5. The van der Waals surface area contributed by atoms with E-state index in [1.807, 2.05) is 0 Å². The molecule has 0 fully saturated rings. The molecule has 1 heterocycles. The Kier molecular flexibility index (Phi) is 4.70. The maximum absolute atomic E-state index is 12.0. The third kappa shape index (κ3) is 3.64. The van der Waals surface area contributed by atoms with Gasteiger partial charge in [-0.3, -0.25) is 0 Å². The van der Waals surface area contributed by atoms with E-state index in [0.29, 0.717) is 4.90 Å². The smallest absolute Gasteiger partial charge is 0.242 e. The van der Waals surface area contributed by atoms with Gasteiger partial charge in [0.2, 0.25) is 10.0 Å². The number of hydrogen-bond acceptors (Lipinski definition) is 4. The van der Waals surface area contributed by atoms with E-state index < -0.39 is 10.0 Å². The van der Waals surface area contributed by atoms with Gasteiger partial charge in [0.25, 0.3) is 0 Å². The lowest BCUT2D eigenvalue weighted by Crippen LogP contribution is -2.22. The molecule has 0 bridgehead atoms. The highest BCUT2D eigenvalue weighted by atomic mass is 32.2. The van der Waals surface area contributed by atoms with E-state index in [-0.39, 0.29) is 0 Å². The molecule has 6 heteroatoms. The third-order valence-electron chi connectivity index (χ3n) is 3.26. The van der Waals surface area contributed by atoms with Crippen molar-refractivity contribution in [2.24, 2.45) is 0 Å². The Morgan fingerprint density at radius 3 is 2.24 bits per heavy atom. The number of aryl methyl sites for hydroxylation is 2. The molecular weight excluding hydrogens is 304 g/mol. The summed E-state index contributed by atoms with van der Waals surface area (Å²) in [6.07, 6.45) is 0. The second kappa shape index (κ2) is 6.17. The summed E-state index contributed by atoms with van der Waals surface area (Å²) in [4.78, 5) is 2.92. The van der Waals surface area contributed by atoms with Crippen LogP contribution < -0.4 is 5.32 Å². The molecule has 2 rings (SSSR count). The predicted octanol–water partition coefficient (Wildman–Crippen LogP) is 3.23. The predicted molar refractivity (Wildman–Crippen MR) is 88.4 cm³/mol. The topological polar surface area (TPSA) is 49.4 Å². The highest BCUT2D eigenvalue weighted by Gasteiger charge is 2.16. The molecule has 0 saturated carbocycles. The van der Waals surface area contributed by atoms with Gasteiger partial charge in [0.1, 0.15) is 0 Å². The number of hydrogen-bond donors (Lipinski definition) is 1. The molecule has 0 aliphatic heterocycles. The summed E-state index contributed by atoms with van der Waals surface area (Å²) in [7, 11) is -0.295. The zero-order valence-corrected chi connectivity index (χ0v) is 14.3. The average Bonchev–Trinajstić information content (AvgIpc) is 2.75. The minimum atomic E-state index is -3.36. The van der Waals surface area contributed by atoms with Crippen molar-refractivity contribution < 1.29 is 8.42 Å². The van der Waals surface area contributed by atoms with Crippen LogP contribution in [0.5, 0.6) is 0 Å².